The molecule has 5 heteroatoms. The summed E-state index contributed by atoms with van der Waals surface area (Å²) in [5, 5.41) is 6.90. The third-order valence-electron chi connectivity index (χ3n) is 3.69. The third kappa shape index (κ3) is 3.69. The molecule has 0 radical (unpaired) electrons. The molecule has 0 unspecified atom stereocenters. The highest BCUT2D eigenvalue weighted by molar-refractivity contribution is 6.04. The summed E-state index contributed by atoms with van der Waals surface area (Å²) in [5.41, 5.74) is 2.79. The van der Waals surface area contributed by atoms with Crippen LogP contribution >= 0.6 is 0 Å². The number of methoxy groups -OCH3 is 1. The van der Waals surface area contributed by atoms with Gasteiger partial charge in [0.05, 0.1) is 12.8 Å². The van der Waals surface area contributed by atoms with Crippen LogP contribution in [0.1, 0.15) is 17.5 Å². The van der Waals surface area contributed by atoms with Gasteiger partial charge in [0.15, 0.2) is 0 Å². The van der Waals surface area contributed by atoms with Gasteiger partial charge in [-0.05, 0) is 23.3 Å². The molecule has 1 aliphatic rings. The predicted molar refractivity (Wildman–Crippen MR) is 87.3 cm³/mol. The van der Waals surface area contributed by atoms with E-state index in [1.54, 1.807) is 7.11 Å². The smallest absolute Gasteiger partial charge is 0.264 e. The Bertz CT molecular complexity index is 696. The molecule has 0 saturated carbocycles. The van der Waals surface area contributed by atoms with Crippen molar-refractivity contribution in [1.82, 2.24) is 5.32 Å². The van der Waals surface area contributed by atoms with Crippen molar-refractivity contribution in [3.8, 4) is 5.75 Å². The molecule has 0 spiro atoms. The lowest BCUT2D eigenvalue weighted by Crippen LogP contribution is -2.34. The van der Waals surface area contributed by atoms with E-state index in [1.807, 2.05) is 54.6 Å². The zero-order valence-electron chi connectivity index (χ0n) is 12.9. The molecule has 23 heavy (non-hydrogen) atoms. The minimum atomic E-state index is -0.566. The van der Waals surface area contributed by atoms with Crippen molar-refractivity contribution in [2.75, 3.05) is 7.11 Å². The minimum Gasteiger partial charge on any atom is -0.497 e. The first-order valence-corrected chi connectivity index (χ1v) is 7.45. The van der Waals surface area contributed by atoms with E-state index in [-0.39, 0.29) is 5.91 Å². The molecular formula is C18H18N2O3. The van der Waals surface area contributed by atoms with Gasteiger partial charge in [-0.3, -0.25) is 4.79 Å². The normalized spacial score (nSPS) is 16.4. The summed E-state index contributed by atoms with van der Waals surface area (Å²) in [6.45, 7) is 0.448. The van der Waals surface area contributed by atoms with Gasteiger partial charge in [0, 0.05) is 13.0 Å². The number of benzene rings is 2. The Morgan fingerprint density at radius 2 is 1.96 bits per heavy atom. The van der Waals surface area contributed by atoms with Crippen molar-refractivity contribution in [3.05, 3.63) is 65.7 Å². The molecule has 2 aromatic rings. The average Bonchev–Trinajstić information content (AvgIpc) is 3.11. The number of amides is 1. The quantitative estimate of drug-likeness (QED) is 0.923. The van der Waals surface area contributed by atoms with E-state index in [1.165, 1.54) is 0 Å². The molecule has 3 rings (SSSR count). The number of nitrogens with one attached hydrogen (secondary N) is 1. The number of rotatable bonds is 5. The fraction of sp³-hybridized carbons (Fsp3) is 0.222. The third-order valence-corrected chi connectivity index (χ3v) is 3.69. The summed E-state index contributed by atoms with van der Waals surface area (Å²) in [6.07, 6.45) is -0.0817. The van der Waals surface area contributed by atoms with Crippen LogP contribution in [0.25, 0.3) is 0 Å². The second-order valence-corrected chi connectivity index (χ2v) is 5.27. The number of ether oxygens (including phenoxy) is 1. The van der Waals surface area contributed by atoms with E-state index in [0.29, 0.717) is 13.0 Å². The maximum Gasteiger partial charge on any atom is 0.264 e. The highest BCUT2D eigenvalue weighted by Gasteiger charge is 2.28. The van der Waals surface area contributed by atoms with Crippen LogP contribution in [-0.2, 0) is 16.2 Å². The van der Waals surface area contributed by atoms with Crippen LogP contribution < -0.4 is 10.1 Å². The molecule has 1 atom stereocenters. The summed E-state index contributed by atoms with van der Waals surface area (Å²) in [6, 6.07) is 17.3. The zero-order valence-corrected chi connectivity index (χ0v) is 12.9. The first-order chi connectivity index (χ1) is 11.3. The predicted octanol–water partition coefficient (Wildman–Crippen LogP) is 2.50. The molecule has 1 aliphatic heterocycles. The van der Waals surface area contributed by atoms with Crippen LogP contribution in [0.3, 0.4) is 0 Å². The van der Waals surface area contributed by atoms with E-state index in [0.717, 1.165) is 22.6 Å². The molecule has 118 valence electrons. The first-order valence-electron chi connectivity index (χ1n) is 7.45. The maximum atomic E-state index is 12.2. The van der Waals surface area contributed by atoms with E-state index in [4.69, 9.17) is 9.57 Å². The van der Waals surface area contributed by atoms with Crippen molar-refractivity contribution in [2.24, 2.45) is 5.16 Å². The zero-order chi connectivity index (χ0) is 16.1. The van der Waals surface area contributed by atoms with Crippen molar-refractivity contribution in [3.63, 3.8) is 0 Å². The van der Waals surface area contributed by atoms with Gasteiger partial charge in [0.1, 0.15) is 5.75 Å². The molecule has 0 saturated heterocycles. The van der Waals surface area contributed by atoms with E-state index in [2.05, 4.69) is 10.5 Å². The van der Waals surface area contributed by atoms with Crippen molar-refractivity contribution in [2.45, 2.75) is 19.1 Å². The SMILES string of the molecule is COc1ccc(CNC(=O)[C@H]2CC(c3ccccc3)=NO2)cc1. The molecule has 1 heterocycles. The van der Waals surface area contributed by atoms with Gasteiger partial charge in [-0.25, -0.2) is 0 Å². The molecule has 1 N–H and O–H groups in total. The Kier molecular flexibility index (Phi) is 4.57. The van der Waals surface area contributed by atoms with Gasteiger partial charge >= 0.3 is 0 Å². The van der Waals surface area contributed by atoms with Gasteiger partial charge in [-0.2, -0.15) is 0 Å². The Morgan fingerprint density at radius 1 is 1.22 bits per heavy atom. The van der Waals surface area contributed by atoms with E-state index in [9.17, 15) is 4.79 Å². The van der Waals surface area contributed by atoms with Crippen molar-refractivity contribution in [1.29, 1.82) is 0 Å². The van der Waals surface area contributed by atoms with Gasteiger partial charge in [0.2, 0.25) is 6.10 Å². The lowest BCUT2D eigenvalue weighted by molar-refractivity contribution is -0.131. The van der Waals surface area contributed by atoms with Crippen LogP contribution in [0.4, 0.5) is 0 Å². The van der Waals surface area contributed by atoms with Gasteiger partial charge < -0.3 is 14.9 Å². The number of carbonyl (C=O) groups is 1. The van der Waals surface area contributed by atoms with Crippen LogP contribution in [0.15, 0.2) is 59.8 Å². The van der Waals surface area contributed by atoms with Crippen LogP contribution in [0.5, 0.6) is 5.75 Å². The molecule has 0 aliphatic carbocycles. The lowest BCUT2D eigenvalue weighted by atomic mass is 10.0. The second-order valence-electron chi connectivity index (χ2n) is 5.27. The van der Waals surface area contributed by atoms with Gasteiger partial charge in [0.25, 0.3) is 5.91 Å². The molecule has 0 bridgehead atoms. The molecular weight excluding hydrogens is 292 g/mol. The molecule has 2 aromatic carbocycles. The van der Waals surface area contributed by atoms with Crippen LogP contribution in [0.2, 0.25) is 0 Å². The molecule has 0 fully saturated rings. The first kappa shape index (κ1) is 15.1. The Hall–Kier alpha value is -2.82. The molecule has 1 amide bonds. The van der Waals surface area contributed by atoms with Crippen molar-refractivity contribution >= 4 is 11.6 Å². The molecule has 5 nitrogen and oxygen atoms in total. The Balaban J connectivity index is 1.52. The van der Waals surface area contributed by atoms with Crippen LogP contribution in [0, 0.1) is 0 Å². The molecule has 0 aromatic heterocycles. The standard InChI is InChI=1S/C18H18N2O3/c1-22-15-9-7-13(8-10-15)12-19-18(21)17-11-16(20-23-17)14-5-3-2-4-6-14/h2-10,17H,11-12H2,1H3,(H,19,21)/t17-/m1/s1. The Labute approximate surface area is 134 Å². The van der Waals surface area contributed by atoms with E-state index >= 15 is 0 Å². The number of hydrogen-bond acceptors (Lipinski definition) is 4. The number of hydrogen-bond donors (Lipinski definition) is 1. The van der Waals surface area contributed by atoms with Crippen LogP contribution in [-0.4, -0.2) is 24.8 Å². The fourth-order valence-electron chi connectivity index (χ4n) is 2.37. The maximum absolute atomic E-state index is 12.2. The topological polar surface area (TPSA) is 59.9 Å². The minimum absolute atomic E-state index is 0.157. The number of carbonyl (C=O) groups excluding carboxylic acids is 1. The summed E-state index contributed by atoms with van der Waals surface area (Å²) < 4.78 is 5.11. The van der Waals surface area contributed by atoms with Crippen molar-refractivity contribution < 1.29 is 14.4 Å². The highest BCUT2D eigenvalue weighted by Crippen LogP contribution is 2.17. The monoisotopic (exact) mass is 310 g/mol. The fourth-order valence-corrected chi connectivity index (χ4v) is 2.37. The summed E-state index contributed by atoms with van der Waals surface area (Å²) in [7, 11) is 1.62. The number of nitrogens with zero attached hydrogens (tertiary/aromatic N) is 1. The summed E-state index contributed by atoms with van der Waals surface area (Å²) in [4.78, 5) is 17.4. The lowest BCUT2D eigenvalue weighted by Gasteiger charge is -2.10. The Morgan fingerprint density at radius 3 is 2.65 bits per heavy atom. The van der Waals surface area contributed by atoms with Gasteiger partial charge in [-0.1, -0.05) is 47.6 Å². The average molecular weight is 310 g/mol. The summed E-state index contributed by atoms with van der Waals surface area (Å²) in [5.74, 6) is 0.635. The number of oxime groups is 1. The van der Waals surface area contributed by atoms with Gasteiger partial charge in [-0.15, -0.1) is 0 Å². The van der Waals surface area contributed by atoms with E-state index < -0.39 is 6.10 Å². The summed E-state index contributed by atoms with van der Waals surface area (Å²) >= 11 is 0. The highest BCUT2D eigenvalue weighted by atomic mass is 16.6. The second kappa shape index (κ2) is 6.96. The largest absolute Gasteiger partial charge is 0.497 e.